The number of aryl methyl sites for hydroxylation is 1. The van der Waals surface area contributed by atoms with E-state index in [2.05, 4.69) is 0 Å². The second-order valence-corrected chi connectivity index (χ2v) is 5.00. The fourth-order valence-corrected chi connectivity index (χ4v) is 2.08. The zero-order chi connectivity index (χ0) is 10.2. The second kappa shape index (κ2) is 3.23. The predicted molar refractivity (Wildman–Crippen MR) is 44.1 cm³/mol. The SMILES string of the molecule is Cc1cc(F)c(F)cc1S(=O)(=O)Cl. The van der Waals surface area contributed by atoms with Crippen LogP contribution in [0.25, 0.3) is 0 Å². The minimum absolute atomic E-state index is 0.0777. The van der Waals surface area contributed by atoms with Crippen LogP contribution in [0.5, 0.6) is 0 Å². The van der Waals surface area contributed by atoms with Crippen LogP contribution in [0.3, 0.4) is 0 Å². The molecule has 0 fully saturated rings. The van der Waals surface area contributed by atoms with Crippen molar-refractivity contribution in [2.75, 3.05) is 0 Å². The highest BCUT2D eigenvalue weighted by Gasteiger charge is 2.16. The number of halogens is 3. The molecule has 0 aliphatic carbocycles. The van der Waals surface area contributed by atoms with Crippen molar-refractivity contribution in [3.63, 3.8) is 0 Å². The third-order valence-electron chi connectivity index (χ3n) is 1.48. The van der Waals surface area contributed by atoms with Crippen molar-refractivity contribution in [1.29, 1.82) is 0 Å². The van der Waals surface area contributed by atoms with Gasteiger partial charge in [0.1, 0.15) is 0 Å². The zero-order valence-electron chi connectivity index (χ0n) is 6.51. The standard InChI is InChI=1S/C7H5ClF2O2S/c1-4-2-5(9)6(10)3-7(4)13(8,11)12/h2-3H,1H3. The Balaban J connectivity index is 3.50. The Labute approximate surface area is 78.6 Å². The normalized spacial score (nSPS) is 11.7. The van der Waals surface area contributed by atoms with E-state index in [9.17, 15) is 17.2 Å². The molecule has 2 nitrogen and oxygen atoms in total. The Morgan fingerprint density at radius 1 is 1.23 bits per heavy atom. The summed E-state index contributed by atoms with van der Waals surface area (Å²) in [5.74, 6) is -2.33. The molecule has 1 aromatic carbocycles. The van der Waals surface area contributed by atoms with E-state index in [1.165, 1.54) is 6.92 Å². The molecule has 0 N–H and O–H groups in total. The minimum Gasteiger partial charge on any atom is -0.207 e. The fourth-order valence-electron chi connectivity index (χ4n) is 0.891. The van der Waals surface area contributed by atoms with Crippen molar-refractivity contribution in [2.45, 2.75) is 11.8 Å². The van der Waals surface area contributed by atoms with Crippen molar-refractivity contribution in [2.24, 2.45) is 0 Å². The molecule has 0 spiro atoms. The Bertz CT molecular complexity index is 442. The molecule has 0 amide bonds. The number of hydrogen-bond donors (Lipinski definition) is 0. The van der Waals surface area contributed by atoms with Gasteiger partial charge in [-0.05, 0) is 24.6 Å². The molecular weight excluding hydrogens is 222 g/mol. The van der Waals surface area contributed by atoms with E-state index >= 15 is 0 Å². The Hall–Kier alpha value is -0.680. The first-order chi connectivity index (χ1) is 5.82. The second-order valence-electron chi connectivity index (χ2n) is 2.47. The molecule has 0 saturated heterocycles. The maximum absolute atomic E-state index is 12.6. The Morgan fingerprint density at radius 2 is 1.69 bits per heavy atom. The molecule has 0 bridgehead atoms. The van der Waals surface area contributed by atoms with Crippen LogP contribution in [0.15, 0.2) is 17.0 Å². The quantitative estimate of drug-likeness (QED) is 0.688. The van der Waals surface area contributed by atoms with Crippen LogP contribution in [-0.2, 0) is 9.05 Å². The predicted octanol–water partition coefficient (Wildman–Crippen LogP) is 2.20. The van der Waals surface area contributed by atoms with Gasteiger partial charge in [-0.3, -0.25) is 0 Å². The molecular formula is C7H5ClF2O2S. The third kappa shape index (κ3) is 2.16. The molecule has 0 unspecified atom stereocenters. The summed E-state index contributed by atoms with van der Waals surface area (Å²) in [5, 5.41) is 0. The van der Waals surface area contributed by atoms with Crippen molar-refractivity contribution in [3.8, 4) is 0 Å². The monoisotopic (exact) mass is 226 g/mol. The van der Waals surface area contributed by atoms with Crippen LogP contribution in [0.4, 0.5) is 8.78 Å². The average Bonchev–Trinajstić information content (AvgIpc) is 1.94. The molecule has 1 rings (SSSR count). The van der Waals surface area contributed by atoms with Gasteiger partial charge in [-0.25, -0.2) is 17.2 Å². The van der Waals surface area contributed by atoms with Crippen LogP contribution < -0.4 is 0 Å². The minimum atomic E-state index is -4.01. The van der Waals surface area contributed by atoms with Crippen molar-refractivity contribution < 1.29 is 17.2 Å². The molecule has 0 radical (unpaired) electrons. The van der Waals surface area contributed by atoms with Crippen molar-refractivity contribution in [3.05, 3.63) is 29.3 Å². The number of benzene rings is 1. The van der Waals surface area contributed by atoms with E-state index in [-0.39, 0.29) is 5.56 Å². The fraction of sp³-hybridized carbons (Fsp3) is 0.143. The maximum Gasteiger partial charge on any atom is 0.261 e. The molecule has 0 heterocycles. The summed E-state index contributed by atoms with van der Waals surface area (Å²) >= 11 is 0. The van der Waals surface area contributed by atoms with Crippen LogP contribution in [0.1, 0.15) is 5.56 Å². The zero-order valence-corrected chi connectivity index (χ0v) is 8.09. The molecule has 13 heavy (non-hydrogen) atoms. The van der Waals surface area contributed by atoms with Gasteiger partial charge in [0.15, 0.2) is 11.6 Å². The van der Waals surface area contributed by atoms with E-state index in [1.807, 2.05) is 0 Å². The van der Waals surface area contributed by atoms with Crippen LogP contribution in [0.2, 0.25) is 0 Å². The van der Waals surface area contributed by atoms with Gasteiger partial charge >= 0.3 is 0 Å². The largest absolute Gasteiger partial charge is 0.261 e. The van der Waals surface area contributed by atoms with Gasteiger partial charge in [0.05, 0.1) is 4.90 Å². The van der Waals surface area contributed by atoms with Crippen LogP contribution in [0, 0.1) is 18.6 Å². The van der Waals surface area contributed by atoms with Gasteiger partial charge in [-0.1, -0.05) is 0 Å². The van der Waals surface area contributed by atoms with Crippen LogP contribution >= 0.6 is 10.7 Å². The van der Waals surface area contributed by atoms with E-state index in [4.69, 9.17) is 10.7 Å². The van der Waals surface area contributed by atoms with E-state index in [1.54, 1.807) is 0 Å². The lowest BCUT2D eigenvalue weighted by Gasteiger charge is -2.01. The van der Waals surface area contributed by atoms with Crippen molar-refractivity contribution in [1.82, 2.24) is 0 Å². The van der Waals surface area contributed by atoms with Gasteiger partial charge in [-0.15, -0.1) is 0 Å². The molecule has 1 aromatic rings. The lowest BCUT2D eigenvalue weighted by Crippen LogP contribution is -1.97. The molecule has 6 heteroatoms. The topological polar surface area (TPSA) is 34.1 Å². The molecule has 72 valence electrons. The highest BCUT2D eigenvalue weighted by atomic mass is 35.7. The van der Waals surface area contributed by atoms with Gasteiger partial charge in [0.25, 0.3) is 9.05 Å². The lowest BCUT2D eigenvalue weighted by molar-refractivity contribution is 0.503. The first-order valence-corrected chi connectivity index (χ1v) is 5.53. The molecule has 0 saturated carbocycles. The molecule has 0 aliphatic rings. The summed E-state index contributed by atoms with van der Waals surface area (Å²) in [6, 6.07) is 1.34. The highest BCUT2D eigenvalue weighted by molar-refractivity contribution is 8.13. The van der Waals surface area contributed by atoms with Crippen LogP contribution in [-0.4, -0.2) is 8.42 Å². The summed E-state index contributed by atoms with van der Waals surface area (Å²) in [4.78, 5) is -0.409. The van der Waals surface area contributed by atoms with Gasteiger partial charge in [0.2, 0.25) is 0 Å². The van der Waals surface area contributed by atoms with Crippen molar-refractivity contribution >= 4 is 19.7 Å². The number of hydrogen-bond acceptors (Lipinski definition) is 2. The summed E-state index contributed by atoms with van der Waals surface area (Å²) in [6.07, 6.45) is 0. The first-order valence-electron chi connectivity index (χ1n) is 3.22. The highest BCUT2D eigenvalue weighted by Crippen LogP contribution is 2.22. The Morgan fingerprint density at radius 3 is 2.15 bits per heavy atom. The summed E-state index contributed by atoms with van der Waals surface area (Å²) in [7, 11) is 0.964. The molecule has 0 aromatic heterocycles. The average molecular weight is 227 g/mol. The summed E-state index contributed by atoms with van der Waals surface area (Å²) < 4.78 is 46.7. The first kappa shape index (κ1) is 10.4. The number of rotatable bonds is 1. The summed E-state index contributed by atoms with van der Waals surface area (Å²) in [5.41, 5.74) is 0.0777. The smallest absolute Gasteiger partial charge is 0.207 e. The van der Waals surface area contributed by atoms with E-state index in [0.717, 1.165) is 6.07 Å². The maximum atomic E-state index is 12.6. The lowest BCUT2D eigenvalue weighted by atomic mass is 10.2. The van der Waals surface area contributed by atoms with Gasteiger partial charge in [-0.2, -0.15) is 0 Å². The van der Waals surface area contributed by atoms with Gasteiger partial charge in [0, 0.05) is 10.7 Å². The van der Waals surface area contributed by atoms with Gasteiger partial charge < -0.3 is 0 Å². The van der Waals surface area contributed by atoms with E-state index < -0.39 is 25.6 Å². The summed E-state index contributed by atoms with van der Waals surface area (Å²) in [6.45, 7) is 1.33. The Kier molecular flexibility index (Phi) is 2.58. The third-order valence-corrected chi connectivity index (χ3v) is 2.94. The molecule has 0 aliphatic heterocycles. The molecule has 0 atom stereocenters. The van der Waals surface area contributed by atoms with E-state index in [0.29, 0.717) is 6.07 Å².